The minimum Gasteiger partial charge on any atom is -0.399 e. The van der Waals surface area contributed by atoms with Gasteiger partial charge < -0.3 is 10.6 Å². The maximum Gasteiger partial charge on any atom is 0.192 e. The highest BCUT2D eigenvalue weighted by Gasteiger charge is 2.54. The molecule has 1 aromatic rings. The van der Waals surface area contributed by atoms with Crippen LogP contribution in [0.5, 0.6) is 0 Å². The van der Waals surface area contributed by atoms with Crippen LogP contribution < -0.4 is 5.73 Å². The summed E-state index contributed by atoms with van der Waals surface area (Å²) >= 11 is 1.59. The molecular formula is C18H17N5S. The van der Waals surface area contributed by atoms with E-state index in [1.807, 2.05) is 32.2 Å². The number of fused-ring (bicyclic) bond motifs is 1. The van der Waals surface area contributed by atoms with Crippen molar-refractivity contribution in [3.8, 4) is 18.2 Å². The number of thiophene rings is 1. The molecule has 24 heavy (non-hydrogen) atoms. The van der Waals surface area contributed by atoms with Crippen molar-refractivity contribution in [2.45, 2.75) is 12.8 Å². The number of aryl methyl sites for hydroxylation is 1. The molecule has 0 unspecified atom stereocenters. The number of likely N-dealkylation sites (N-methyl/N-ethyl adjacent to an activating group) is 1. The lowest BCUT2D eigenvalue weighted by molar-refractivity contribution is 0.240. The predicted molar refractivity (Wildman–Crippen MR) is 91.4 cm³/mol. The van der Waals surface area contributed by atoms with Gasteiger partial charge in [0.1, 0.15) is 6.07 Å². The zero-order valence-corrected chi connectivity index (χ0v) is 14.4. The lowest BCUT2D eigenvalue weighted by atomic mass is 9.59. The van der Waals surface area contributed by atoms with E-state index in [1.54, 1.807) is 11.3 Å². The molecule has 0 spiro atoms. The van der Waals surface area contributed by atoms with E-state index >= 15 is 0 Å². The molecule has 6 heteroatoms. The van der Waals surface area contributed by atoms with Gasteiger partial charge in [-0.25, -0.2) is 0 Å². The topological polar surface area (TPSA) is 101 Å². The third-order valence-electron chi connectivity index (χ3n) is 4.91. The Morgan fingerprint density at radius 1 is 1.29 bits per heavy atom. The van der Waals surface area contributed by atoms with Crippen molar-refractivity contribution in [3.63, 3.8) is 0 Å². The summed E-state index contributed by atoms with van der Waals surface area (Å²) in [6.07, 6.45) is 2.01. The van der Waals surface area contributed by atoms with Crippen LogP contribution in [0.3, 0.4) is 0 Å². The molecule has 2 N–H and O–H groups in total. The highest BCUT2D eigenvalue weighted by atomic mass is 32.1. The van der Waals surface area contributed by atoms with Crippen molar-refractivity contribution in [2.75, 3.05) is 20.1 Å². The van der Waals surface area contributed by atoms with Crippen LogP contribution in [0.1, 0.15) is 15.7 Å². The number of rotatable bonds is 1. The Hall–Kier alpha value is -2.59. The number of nitrogens with two attached hydrogens (primary N) is 1. The maximum atomic E-state index is 9.90. The molecular weight excluding hydrogens is 318 g/mol. The Morgan fingerprint density at radius 3 is 2.54 bits per heavy atom. The summed E-state index contributed by atoms with van der Waals surface area (Å²) in [6.45, 7) is 3.42. The molecule has 0 amide bonds. The first-order valence-electron chi connectivity index (χ1n) is 7.66. The van der Waals surface area contributed by atoms with E-state index < -0.39 is 5.41 Å². The van der Waals surface area contributed by atoms with E-state index in [1.165, 1.54) is 0 Å². The smallest absolute Gasteiger partial charge is 0.192 e. The van der Waals surface area contributed by atoms with Crippen LogP contribution in [0, 0.1) is 52.2 Å². The molecule has 0 saturated carbocycles. The van der Waals surface area contributed by atoms with Crippen molar-refractivity contribution >= 4 is 11.3 Å². The van der Waals surface area contributed by atoms with Gasteiger partial charge in [0.25, 0.3) is 0 Å². The standard InChI is InChI=1S/C18H17N5S/c1-11-3-4-15(24-11)16-14-8-23(2)6-5-12(14)13(7-19)17(22)18(16,9-20)10-21/h3-5,14,16H,6,8,22H2,1-2H3/t14-,16+/m1/s1. The van der Waals surface area contributed by atoms with Crippen molar-refractivity contribution < 1.29 is 0 Å². The van der Waals surface area contributed by atoms with Crippen LogP contribution in [-0.4, -0.2) is 25.0 Å². The largest absolute Gasteiger partial charge is 0.399 e. The molecule has 2 heterocycles. The van der Waals surface area contributed by atoms with Gasteiger partial charge in [0.2, 0.25) is 0 Å². The van der Waals surface area contributed by atoms with Crippen LogP contribution >= 0.6 is 11.3 Å². The third-order valence-corrected chi connectivity index (χ3v) is 6.00. The monoisotopic (exact) mass is 335 g/mol. The number of nitriles is 3. The van der Waals surface area contributed by atoms with Gasteiger partial charge in [-0.15, -0.1) is 11.3 Å². The fourth-order valence-electron chi connectivity index (χ4n) is 3.75. The Morgan fingerprint density at radius 2 is 2.00 bits per heavy atom. The molecule has 0 bridgehead atoms. The zero-order valence-electron chi connectivity index (χ0n) is 13.6. The number of allylic oxidation sites excluding steroid dienone is 2. The van der Waals surface area contributed by atoms with Gasteiger partial charge in [0.05, 0.1) is 23.4 Å². The average molecular weight is 335 g/mol. The van der Waals surface area contributed by atoms with E-state index in [2.05, 4.69) is 23.1 Å². The molecule has 0 saturated heterocycles. The first kappa shape index (κ1) is 16.3. The summed E-state index contributed by atoms with van der Waals surface area (Å²) in [4.78, 5) is 4.23. The van der Waals surface area contributed by atoms with E-state index in [0.717, 1.165) is 21.9 Å². The average Bonchev–Trinajstić information content (AvgIpc) is 3.00. The summed E-state index contributed by atoms with van der Waals surface area (Å²) in [5.74, 6) is -0.458. The molecule has 1 aromatic heterocycles. The molecule has 5 nitrogen and oxygen atoms in total. The Labute approximate surface area is 145 Å². The van der Waals surface area contributed by atoms with Crippen LogP contribution in [0.25, 0.3) is 0 Å². The van der Waals surface area contributed by atoms with Crippen LogP contribution in [0.2, 0.25) is 0 Å². The molecule has 0 fully saturated rings. The molecule has 1 aliphatic carbocycles. The minimum absolute atomic E-state index is 0.0944. The van der Waals surface area contributed by atoms with Gasteiger partial charge in [-0.1, -0.05) is 6.08 Å². The lowest BCUT2D eigenvalue weighted by Crippen LogP contribution is -2.47. The van der Waals surface area contributed by atoms with Crippen molar-refractivity contribution in [1.29, 1.82) is 15.8 Å². The van der Waals surface area contributed by atoms with E-state index in [4.69, 9.17) is 5.73 Å². The van der Waals surface area contributed by atoms with Crippen LogP contribution in [0.4, 0.5) is 0 Å². The second-order valence-corrected chi connectivity index (χ2v) is 7.66. The van der Waals surface area contributed by atoms with Gasteiger partial charge in [-0.2, -0.15) is 15.8 Å². The Balaban J connectivity index is 2.33. The fraction of sp³-hybridized carbons (Fsp3) is 0.389. The number of hydrogen-bond acceptors (Lipinski definition) is 6. The second kappa shape index (κ2) is 5.80. The molecule has 120 valence electrons. The van der Waals surface area contributed by atoms with Gasteiger partial charge >= 0.3 is 0 Å². The van der Waals surface area contributed by atoms with Gasteiger partial charge in [0, 0.05) is 34.7 Å². The first-order valence-corrected chi connectivity index (χ1v) is 8.48. The van der Waals surface area contributed by atoms with E-state index in [0.29, 0.717) is 12.1 Å². The van der Waals surface area contributed by atoms with E-state index in [-0.39, 0.29) is 17.5 Å². The highest BCUT2D eigenvalue weighted by Crippen LogP contribution is 2.55. The zero-order chi connectivity index (χ0) is 17.5. The van der Waals surface area contributed by atoms with Crippen molar-refractivity contribution in [1.82, 2.24) is 4.90 Å². The summed E-state index contributed by atoms with van der Waals surface area (Å²) in [5, 5.41) is 29.4. The van der Waals surface area contributed by atoms with E-state index in [9.17, 15) is 15.8 Å². The van der Waals surface area contributed by atoms with Gasteiger partial charge in [0.15, 0.2) is 5.41 Å². The molecule has 1 aliphatic heterocycles. The quantitative estimate of drug-likeness (QED) is 0.849. The summed E-state index contributed by atoms with van der Waals surface area (Å²) < 4.78 is 0. The highest BCUT2D eigenvalue weighted by molar-refractivity contribution is 7.12. The van der Waals surface area contributed by atoms with Crippen LogP contribution in [0.15, 0.2) is 35.1 Å². The molecule has 2 atom stereocenters. The first-order chi connectivity index (χ1) is 11.5. The third kappa shape index (κ3) is 2.14. The lowest BCUT2D eigenvalue weighted by Gasteiger charge is -2.44. The number of nitrogens with zero attached hydrogens (tertiary/aromatic N) is 4. The molecule has 3 rings (SSSR count). The van der Waals surface area contributed by atoms with Gasteiger partial charge in [-0.3, -0.25) is 0 Å². The van der Waals surface area contributed by atoms with Crippen molar-refractivity contribution in [3.05, 3.63) is 44.8 Å². The Kier molecular flexibility index (Phi) is 3.93. The van der Waals surface area contributed by atoms with Crippen molar-refractivity contribution in [2.24, 2.45) is 17.1 Å². The normalized spacial score (nSPS) is 25.9. The number of hydrogen-bond donors (Lipinski definition) is 1. The molecule has 0 aromatic carbocycles. The summed E-state index contributed by atoms with van der Waals surface area (Å²) in [7, 11) is 2.00. The molecule has 2 aliphatic rings. The summed E-state index contributed by atoms with van der Waals surface area (Å²) in [6, 6.07) is 10.4. The fourth-order valence-corrected chi connectivity index (χ4v) is 4.86. The molecule has 0 radical (unpaired) electrons. The second-order valence-electron chi connectivity index (χ2n) is 6.35. The van der Waals surface area contributed by atoms with Crippen LogP contribution in [-0.2, 0) is 0 Å². The summed E-state index contributed by atoms with van der Waals surface area (Å²) in [5.41, 5.74) is 6.00. The predicted octanol–water partition coefficient (Wildman–Crippen LogP) is 2.41. The Bertz CT molecular complexity index is 856. The SMILES string of the molecule is Cc1ccc([C@@H]2[C@@H]3CN(C)CC=C3C(C#N)=C(N)C2(C#N)C#N)s1. The minimum atomic E-state index is -1.51. The maximum absolute atomic E-state index is 9.90. The van der Waals surface area contributed by atoms with Gasteiger partial charge in [-0.05, 0) is 31.7 Å².